The molecular weight excluding hydrogens is 421 g/mol. The van der Waals surface area contributed by atoms with E-state index in [4.69, 9.17) is 11.2 Å². The molecule has 0 amide bonds. The minimum atomic E-state index is -0.723. The van der Waals surface area contributed by atoms with Crippen LogP contribution in [0, 0.1) is 25.1 Å². The Morgan fingerprint density at radius 1 is 1.33 bits per heavy atom. The Hall–Kier alpha value is -3.66. The maximum atomic E-state index is 14.9. The molecule has 1 aliphatic rings. The van der Waals surface area contributed by atoms with Gasteiger partial charge in [-0.15, -0.1) is 6.42 Å². The zero-order valence-electron chi connectivity index (χ0n) is 19.2. The Morgan fingerprint density at radius 3 is 2.76 bits per heavy atom. The van der Waals surface area contributed by atoms with Crippen LogP contribution in [0.1, 0.15) is 60.5 Å². The van der Waals surface area contributed by atoms with Crippen molar-refractivity contribution in [2.75, 3.05) is 11.4 Å². The molecule has 0 saturated heterocycles. The van der Waals surface area contributed by atoms with Crippen LogP contribution < -0.4 is 10.5 Å². The van der Waals surface area contributed by atoms with E-state index in [0.29, 0.717) is 22.4 Å². The van der Waals surface area contributed by atoms with Gasteiger partial charge in [-0.25, -0.2) is 14.2 Å². The number of anilines is 1. The molecule has 7 heteroatoms. The third-order valence-corrected chi connectivity index (χ3v) is 5.67. The minimum Gasteiger partial charge on any atom is -0.456 e. The van der Waals surface area contributed by atoms with Crippen LogP contribution in [0.4, 0.5) is 10.1 Å². The molecule has 0 radical (unpaired) electrons. The van der Waals surface area contributed by atoms with Gasteiger partial charge in [-0.05, 0) is 82.0 Å². The molecule has 1 heterocycles. The lowest BCUT2D eigenvalue weighted by atomic mass is 10.0. The van der Waals surface area contributed by atoms with E-state index in [2.05, 4.69) is 15.9 Å². The molecule has 1 aromatic heterocycles. The summed E-state index contributed by atoms with van der Waals surface area (Å²) in [5.74, 6) is 1.83. The summed E-state index contributed by atoms with van der Waals surface area (Å²) in [6.45, 7) is 7.19. The van der Waals surface area contributed by atoms with E-state index >= 15 is 0 Å². The fourth-order valence-corrected chi connectivity index (χ4v) is 4.32. The van der Waals surface area contributed by atoms with Crippen molar-refractivity contribution in [3.8, 4) is 12.3 Å². The summed E-state index contributed by atoms with van der Waals surface area (Å²) in [5, 5.41) is 0.512. The number of fused-ring (bicyclic) bond motifs is 2. The van der Waals surface area contributed by atoms with Gasteiger partial charge in [0.05, 0.1) is 29.1 Å². The fourth-order valence-electron chi connectivity index (χ4n) is 4.32. The Labute approximate surface area is 191 Å². The van der Waals surface area contributed by atoms with Crippen molar-refractivity contribution in [3.05, 3.63) is 69.0 Å². The van der Waals surface area contributed by atoms with Crippen LogP contribution in [-0.4, -0.2) is 28.1 Å². The van der Waals surface area contributed by atoms with Crippen LogP contribution in [0.2, 0.25) is 0 Å². The predicted octanol–water partition coefficient (Wildman–Crippen LogP) is 4.45. The van der Waals surface area contributed by atoms with Gasteiger partial charge < -0.3 is 14.6 Å². The Kier molecular flexibility index (Phi) is 5.71. The number of aromatic nitrogens is 2. The van der Waals surface area contributed by atoms with Crippen LogP contribution in [0.25, 0.3) is 10.9 Å². The lowest BCUT2D eigenvalue weighted by Crippen LogP contribution is -2.28. The smallest absolute Gasteiger partial charge is 0.341 e. The quantitative estimate of drug-likeness (QED) is 0.472. The monoisotopic (exact) mass is 447 g/mol. The highest BCUT2D eigenvalue weighted by Gasteiger charge is 2.30. The number of aromatic amines is 1. The third-order valence-electron chi connectivity index (χ3n) is 5.67. The molecule has 1 aliphatic carbocycles. The van der Waals surface area contributed by atoms with Gasteiger partial charge in [0.25, 0.3) is 5.56 Å². The van der Waals surface area contributed by atoms with E-state index in [-0.39, 0.29) is 23.7 Å². The van der Waals surface area contributed by atoms with Crippen molar-refractivity contribution >= 4 is 22.6 Å². The van der Waals surface area contributed by atoms with Gasteiger partial charge in [0, 0.05) is 5.69 Å². The van der Waals surface area contributed by atoms with Gasteiger partial charge in [-0.2, -0.15) is 0 Å². The molecular formula is C26H26FN3O3. The first kappa shape index (κ1) is 22.5. The zero-order chi connectivity index (χ0) is 23.9. The molecule has 4 rings (SSSR count). The number of carbonyl (C=O) groups excluding carboxylic acids is 1. The number of benzene rings is 2. The molecule has 0 bridgehead atoms. The Bertz CT molecular complexity index is 1350. The van der Waals surface area contributed by atoms with Crippen molar-refractivity contribution in [3.63, 3.8) is 0 Å². The first-order valence-corrected chi connectivity index (χ1v) is 10.8. The molecule has 1 atom stereocenters. The van der Waals surface area contributed by atoms with Crippen LogP contribution in [0.5, 0.6) is 0 Å². The van der Waals surface area contributed by atoms with Gasteiger partial charge in [0.15, 0.2) is 0 Å². The lowest BCUT2D eigenvalue weighted by Gasteiger charge is -2.30. The number of nitrogens with one attached hydrogen (secondary N) is 1. The summed E-state index contributed by atoms with van der Waals surface area (Å²) < 4.78 is 20.2. The molecule has 2 aromatic carbocycles. The molecule has 0 spiro atoms. The van der Waals surface area contributed by atoms with Crippen molar-refractivity contribution in [2.45, 2.75) is 52.2 Å². The fraction of sp³-hybridized carbons (Fsp3) is 0.346. The normalized spacial score (nSPS) is 15.2. The number of aryl methyl sites for hydroxylation is 2. The van der Waals surface area contributed by atoms with Gasteiger partial charge in [-0.1, -0.05) is 5.92 Å². The standard InChI is InChI=1S/C26H26FN3O3/c1-6-11-30(17-8-9-18(21(27)13-17)25(32)33-26(3,4)5)23-10-7-16-12-22-20(14-19(16)23)24(31)29-15(2)28-22/h1,8-9,12-14,23H,7,10-11H2,2-5H3,(H,28,29,31)/t23-/m0/s1. The summed E-state index contributed by atoms with van der Waals surface area (Å²) in [6.07, 6.45) is 7.20. The maximum Gasteiger partial charge on any atom is 0.341 e. The van der Waals surface area contributed by atoms with Gasteiger partial charge in [0.2, 0.25) is 0 Å². The lowest BCUT2D eigenvalue weighted by molar-refractivity contribution is 0.00647. The predicted molar refractivity (Wildman–Crippen MR) is 126 cm³/mol. The number of hydrogen-bond acceptors (Lipinski definition) is 5. The zero-order valence-corrected chi connectivity index (χ0v) is 19.2. The summed E-state index contributed by atoms with van der Waals surface area (Å²) in [7, 11) is 0. The van der Waals surface area contributed by atoms with E-state index in [0.717, 1.165) is 24.0 Å². The van der Waals surface area contributed by atoms with Crippen molar-refractivity contribution in [1.82, 2.24) is 9.97 Å². The number of H-pyrrole nitrogens is 1. The van der Waals surface area contributed by atoms with Crippen LogP contribution in [0.15, 0.2) is 35.1 Å². The van der Waals surface area contributed by atoms with Crippen molar-refractivity contribution in [1.29, 1.82) is 0 Å². The summed E-state index contributed by atoms with van der Waals surface area (Å²) in [5.41, 5.74) is 2.25. The molecule has 0 aliphatic heterocycles. The number of esters is 1. The second-order valence-corrected chi connectivity index (χ2v) is 9.27. The summed E-state index contributed by atoms with van der Waals surface area (Å²) >= 11 is 0. The molecule has 0 unspecified atom stereocenters. The molecule has 3 aromatic rings. The topological polar surface area (TPSA) is 75.3 Å². The van der Waals surface area contributed by atoms with Gasteiger partial charge >= 0.3 is 5.97 Å². The number of ether oxygens (including phenoxy) is 1. The van der Waals surface area contributed by atoms with E-state index < -0.39 is 17.4 Å². The van der Waals surface area contributed by atoms with E-state index in [1.54, 1.807) is 33.8 Å². The van der Waals surface area contributed by atoms with Crippen LogP contribution in [-0.2, 0) is 11.2 Å². The van der Waals surface area contributed by atoms with Crippen molar-refractivity contribution < 1.29 is 13.9 Å². The number of halogens is 1. The van der Waals surface area contributed by atoms with Gasteiger partial charge in [-0.3, -0.25) is 4.79 Å². The second-order valence-electron chi connectivity index (χ2n) is 9.27. The first-order valence-electron chi connectivity index (χ1n) is 10.8. The molecule has 0 saturated carbocycles. The second kappa shape index (κ2) is 8.36. The number of hydrogen-bond donors (Lipinski definition) is 1. The number of nitrogens with zero attached hydrogens (tertiary/aromatic N) is 2. The van der Waals surface area contributed by atoms with Crippen LogP contribution >= 0.6 is 0 Å². The number of rotatable bonds is 4. The average Bonchev–Trinajstić information content (AvgIpc) is 3.11. The Balaban J connectivity index is 1.72. The highest BCUT2D eigenvalue weighted by molar-refractivity contribution is 5.90. The summed E-state index contributed by atoms with van der Waals surface area (Å²) in [6, 6.07) is 8.10. The Morgan fingerprint density at radius 2 is 2.09 bits per heavy atom. The van der Waals surface area contributed by atoms with E-state index in [1.165, 1.54) is 12.1 Å². The molecule has 6 nitrogen and oxygen atoms in total. The first-order chi connectivity index (χ1) is 15.6. The molecule has 170 valence electrons. The van der Waals surface area contributed by atoms with E-state index in [1.807, 2.05) is 17.0 Å². The molecule has 1 N–H and O–H groups in total. The highest BCUT2D eigenvalue weighted by Crippen LogP contribution is 2.39. The molecule has 33 heavy (non-hydrogen) atoms. The van der Waals surface area contributed by atoms with Crippen LogP contribution in [0.3, 0.4) is 0 Å². The minimum absolute atomic E-state index is 0.125. The third kappa shape index (κ3) is 4.47. The van der Waals surface area contributed by atoms with E-state index in [9.17, 15) is 14.0 Å². The number of carbonyl (C=O) groups is 1. The number of terminal acetylenes is 1. The summed E-state index contributed by atoms with van der Waals surface area (Å²) in [4.78, 5) is 33.9. The highest BCUT2D eigenvalue weighted by atomic mass is 19.1. The molecule has 0 fully saturated rings. The SMILES string of the molecule is C#CCN(c1ccc(C(=O)OC(C)(C)C)c(F)c1)[C@H]1CCc2cc3nc(C)[nH]c(=O)c3cc21. The van der Waals surface area contributed by atoms with Crippen molar-refractivity contribution in [2.24, 2.45) is 0 Å². The van der Waals surface area contributed by atoms with Gasteiger partial charge in [0.1, 0.15) is 17.2 Å². The maximum absolute atomic E-state index is 14.9. The average molecular weight is 448 g/mol. The largest absolute Gasteiger partial charge is 0.456 e.